The molecular formula is C35H31N3. The minimum atomic E-state index is 0.627. The number of nitrogens with zero attached hydrogens (tertiary/aromatic N) is 3. The molecule has 186 valence electrons. The highest BCUT2D eigenvalue weighted by molar-refractivity contribution is 5.86. The van der Waals surface area contributed by atoms with Gasteiger partial charge >= 0.3 is 0 Å². The normalized spacial score (nSPS) is 10.6. The lowest BCUT2D eigenvalue weighted by molar-refractivity contribution is 1.07. The zero-order valence-corrected chi connectivity index (χ0v) is 21.9. The zero-order valence-electron chi connectivity index (χ0n) is 21.9. The van der Waals surface area contributed by atoms with Crippen LogP contribution in [0.2, 0.25) is 0 Å². The van der Waals surface area contributed by atoms with E-state index in [0.717, 1.165) is 33.2 Å². The highest BCUT2D eigenvalue weighted by atomic mass is 15.0. The van der Waals surface area contributed by atoms with Crippen molar-refractivity contribution in [3.8, 4) is 34.2 Å². The Labute approximate surface area is 225 Å². The highest BCUT2D eigenvalue weighted by Gasteiger charge is 2.13. The standard InChI is InChI=1S/C30H23N3.C5H8/c1-4-21-14-16-26(18-22(21)5-2)29-31-28(24-12-10-20(3)11-13-24)32-30(33-29)27-17-15-23-8-6-7-9-25(23)19-27;1-3-5-4-2/h4-19H,1-2H2,3H3;3-5H,1H2,2H3/b;5-4-. The number of allylic oxidation sites excluding steroid dienone is 3. The molecule has 0 fully saturated rings. The molecule has 5 aromatic rings. The van der Waals surface area contributed by atoms with E-state index in [1.165, 1.54) is 10.9 Å². The number of hydrogen-bond acceptors (Lipinski definition) is 3. The summed E-state index contributed by atoms with van der Waals surface area (Å²) in [6.45, 7) is 15.3. The number of aromatic nitrogens is 3. The van der Waals surface area contributed by atoms with Crippen LogP contribution < -0.4 is 0 Å². The molecule has 3 nitrogen and oxygen atoms in total. The molecule has 0 spiro atoms. The van der Waals surface area contributed by atoms with Gasteiger partial charge in [0.05, 0.1) is 0 Å². The first-order valence-corrected chi connectivity index (χ1v) is 12.5. The molecule has 0 N–H and O–H groups in total. The third-order valence-electron chi connectivity index (χ3n) is 6.07. The van der Waals surface area contributed by atoms with Gasteiger partial charge in [-0.1, -0.05) is 128 Å². The number of fused-ring (bicyclic) bond motifs is 1. The monoisotopic (exact) mass is 493 g/mol. The molecule has 4 aromatic carbocycles. The number of aryl methyl sites for hydroxylation is 1. The summed E-state index contributed by atoms with van der Waals surface area (Å²) in [7, 11) is 0. The average molecular weight is 494 g/mol. The molecule has 1 aromatic heterocycles. The van der Waals surface area contributed by atoms with E-state index in [1.54, 1.807) is 6.08 Å². The van der Waals surface area contributed by atoms with Gasteiger partial charge in [-0.3, -0.25) is 0 Å². The molecule has 0 unspecified atom stereocenters. The highest BCUT2D eigenvalue weighted by Crippen LogP contribution is 2.28. The summed E-state index contributed by atoms with van der Waals surface area (Å²) in [4.78, 5) is 14.6. The van der Waals surface area contributed by atoms with Crippen LogP contribution in [0.15, 0.2) is 123 Å². The van der Waals surface area contributed by atoms with Crippen molar-refractivity contribution in [1.82, 2.24) is 15.0 Å². The summed E-state index contributed by atoms with van der Waals surface area (Å²) in [5.74, 6) is 1.92. The van der Waals surface area contributed by atoms with Crippen LogP contribution in [0, 0.1) is 6.92 Å². The van der Waals surface area contributed by atoms with Gasteiger partial charge in [-0.05, 0) is 47.9 Å². The molecular weight excluding hydrogens is 462 g/mol. The lowest BCUT2D eigenvalue weighted by Gasteiger charge is -2.10. The SMILES string of the molecule is C=C/C=C\C.C=Cc1ccc(-c2nc(-c3ccc(C)cc3)nc(-c3ccc4ccccc4c3)n2)cc1C=C. The smallest absolute Gasteiger partial charge is 0.164 e. The van der Waals surface area contributed by atoms with E-state index in [9.17, 15) is 0 Å². The van der Waals surface area contributed by atoms with E-state index >= 15 is 0 Å². The zero-order chi connectivity index (χ0) is 26.9. The maximum absolute atomic E-state index is 4.87. The summed E-state index contributed by atoms with van der Waals surface area (Å²) in [5.41, 5.74) is 6.03. The van der Waals surface area contributed by atoms with Gasteiger partial charge in [-0.2, -0.15) is 0 Å². The van der Waals surface area contributed by atoms with Crippen LogP contribution in [0.5, 0.6) is 0 Å². The number of benzene rings is 4. The van der Waals surface area contributed by atoms with Crippen LogP contribution in [0.3, 0.4) is 0 Å². The van der Waals surface area contributed by atoms with Gasteiger partial charge in [0.2, 0.25) is 0 Å². The van der Waals surface area contributed by atoms with Gasteiger partial charge in [0.15, 0.2) is 17.5 Å². The van der Waals surface area contributed by atoms with Crippen LogP contribution in [-0.2, 0) is 0 Å². The van der Waals surface area contributed by atoms with Crippen LogP contribution in [0.25, 0.3) is 57.1 Å². The quantitative estimate of drug-likeness (QED) is 0.221. The summed E-state index contributed by atoms with van der Waals surface area (Å²) in [6, 6.07) is 28.9. The van der Waals surface area contributed by atoms with Crippen molar-refractivity contribution < 1.29 is 0 Å². The minimum Gasteiger partial charge on any atom is -0.208 e. The second-order valence-corrected chi connectivity index (χ2v) is 8.75. The number of hydrogen-bond donors (Lipinski definition) is 0. The Balaban J connectivity index is 0.000000617. The Kier molecular flexibility index (Phi) is 8.53. The van der Waals surface area contributed by atoms with Crippen LogP contribution in [-0.4, -0.2) is 15.0 Å². The summed E-state index contributed by atoms with van der Waals surface area (Å²) >= 11 is 0. The third kappa shape index (κ3) is 6.08. The van der Waals surface area contributed by atoms with Gasteiger partial charge in [0.1, 0.15) is 0 Å². The van der Waals surface area contributed by atoms with Crippen molar-refractivity contribution in [3.05, 3.63) is 140 Å². The van der Waals surface area contributed by atoms with E-state index < -0.39 is 0 Å². The van der Waals surface area contributed by atoms with E-state index in [2.05, 4.69) is 81.3 Å². The third-order valence-corrected chi connectivity index (χ3v) is 6.07. The van der Waals surface area contributed by atoms with E-state index in [1.807, 2.05) is 61.6 Å². The maximum atomic E-state index is 4.87. The molecule has 0 bridgehead atoms. The molecule has 0 atom stereocenters. The second kappa shape index (κ2) is 12.4. The Bertz CT molecular complexity index is 1630. The lowest BCUT2D eigenvalue weighted by atomic mass is 10.0. The molecule has 0 saturated heterocycles. The fourth-order valence-corrected chi connectivity index (χ4v) is 4.01. The van der Waals surface area contributed by atoms with Gasteiger partial charge in [-0.25, -0.2) is 15.0 Å². The van der Waals surface area contributed by atoms with Crippen molar-refractivity contribution in [3.63, 3.8) is 0 Å². The van der Waals surface area contributed by atoms with E-state index in [0.29, 0.717) is 17.5 Å². The Hall–Kier alpha value is -4.89. The fraction of sp³-hybridized carbons (Fsp3) is 0.0571. The Morgan fingerprint density at radius 2 is 1.13 bits per heavy atom. The van der Waals surface area contributed by atoms with Crippen molar-refractivity contribution in [2.24, 2.45) is 0 Å². The molecule has 0 saturated carbocycles. The van der Waals surface area contributed by atoms with Gasteiger partial charge in [0.25, 0.3) is 0 Å². The van der Waals surface area contributed by atoms with Crippen molar-refractivity contribution in [1.29, 1.82) is 0 Å². The first-order chi connectivity index (χ1) is 18.6. The van der Waals surface area contributed by atoms with Crippen molar-refractivity contribution in [2.45, 2.75) is 13.8 Å². The van der Waals surface area contributed by atoms with Crippen molar-refractivity contribution >= 4 is 22.9 Å². The van der Waals surface area contributed by atoms with Gasteiger partial charge in [0, 0.05) is 16.7 Å². The minimum absolute atomic E-state index is 0.627. The molecule has 38 heavy (non-hydrogen) atoms. The fourth-order valence-electron chi connectivity index (χ4n) is 4.01. The summed E-state index contributed by atoms with van der Waals surface area (Å²) in [6.07, 6.45) is 9.23. The van der Waals surface area contributed by atoms with E-state index in [-0.39, 0.29) is 0 Å². The molecule has 0 aliphatic rings. The predicted octanol–water partition coefficient (Wildman–Crippen LogP) is 9.37. The molecule has 1 heterocycles. The molecule has 0 aliphatic carbocycles. The van der Waals surface area contributed by atoms with Gasteiger partial charge in [-0.15, -0.1) is 0 Å². The van der Waals surface area contributed by atoms with E-state index in [4.69, 9.17) is 15.0 Å². The summed E-state index contributed by atoms with van der Waals surface area (Å²) in [5, 5.41) is 2.34. The molecule has 0 amide bonds. The molecule has 0 aliphatic heterocycles. The molecule has 0 radical (unpaired) electrons. The van der Waals surface area contributed by atoms with Crippen LogP contribution in [0.4, 0.5) is 0 Å². The largest absolute Gasteiger partial charge is 0.208 e. The first-order valence-electron chi connectivity index (χ1n) is 12.5. The Morgan fingerprint density at radius 1 is 0.579 bits per heavy atom. The second-order valence-electron chi connectivity index (χ2n) is 8.75. The molecule has 5 rings (SSSR count). The molecule has 3 heteroatoms. The van der Waals surface area contributed by atoms with Gasteiger partial charge < -0.3 is 0 Å². The topological polar surface area (TPSA) is 38.7 Å². The predicted molar refractivity (Wildman–Crippen MR) is 164 cm³/mol. The average Bonchev–Trinajstić information content (AvgIpc) is 2.97. The Morgan fingerprint density at radius 3 is 1.71 bits per heavy atom. The maximum Gasteiger partial charge on any atom is 0.164 e. The van der Waals surface area contributed by atoms with Crippen LogP contribution >= 0.6 is 0 Å². The number of rotatable bonds is 6. The van der Waals surface area contributed by atoms with Crippen molar-refractivity contribution in [2.75, 3.05) is 0 Å². The lowest BCUT2D eigenvalue weighted by Crippen LogP contribution is -2.00. The van der Waals surface area contributed by atoms with Crippen LogP contribution in [0.1, 0.15) is 23.6 Å². The first kappa shape index (κ1) is 26.2. The summed E-state index contributed by atoms with van der Waals surface area (Å²) < 4.78 is 0.